The van der Waals surface area contributed by atoms with E-state index in [1.807, 2.05) is 18.2 Å². The van der Waals surface area contributed by atoms with Crippen molar-refractivity contribution in [1.29, 1.82) is 0 Å². The molecule has 0 radical (unpaired) electrons. The van der Waals surface area contributed by atoms with Gasteiger partial charge in [0.05, 0.1) is 7.11 Å². The van der Waals surface area contributed by atoms with E-state index in [0.29, 0.717) is 12.1 Å². The predicted molar refractivity (Wildman–Crippen MR) is 80.0 cm³/mol. The van der Waals surface area contributed by atoms with Gasteiger partial charge >= 0.3 is 0 Å². The molecule has 0 spiro atoms. The van der Waals surface area contributed by atoms with Gasteiger partial charge in [-0.05, 0) is 31.5 Å². The minimum Gasteiger partial charge on any atom is -0.496 e. The zero-order chi connectivity index (χ0) is 13.8. The maximum Gasteiger partial charge on any atom is 0.123 e. The lowest BCUT2D eigenvalue weighted by atomic mass is 10.1. The Labute approximate surface area is 120 Å². The van der Waals surface area contributed by atoms with Gasteiger partial charge in [-0.1, -0.05) is 18.5 Å². The van der Waals surface area contributed by atoms with Crippen molar-refractivity contribution < 1.29 is 4.74 Å². The number of hydrogen-bond donors (Lipinski definition) is 1. The summed E-state index contributed by atoms with van der Waals surface area (Å²) in [4.78, 5) is 2.52. The molecule has 0 aromatic heterocycles. The highest BCUT2D eigenvalue weighted by Crippen LogP contribution is 2.25. The first-order valence-corrected chi connectivity index (χ1v) is 7.31. The maximum absolute atomic E-state index is 6.10. The zero-order valence-corrected chi connectivity index (χ0v) is 12.7. The smallest absolute Gasteiger partial charge is 0.123 e. The Morgan fingerprint density at radius 1 is 1.47 bits per heavy atom. The van der Waals surface area contributed by atoms with Crippen LogP contribution >= 0.6 is 11.6 Å². The average molecular weight is 283 g/mol. The van der Waals surface area contributed by atoms with Crippen LogP contribution < -0.4 is 10.1 Å². The number of rotatable bonds is 4. The molecule has 1 saturated heterocycles. The molecule has 2 unspecified atom stereocenters. The van der Waals surface area contributed by atoms with Crippen LogP contribution in [0.4, 0.5) is 0 Å². The number of halogens is 1. The van der Waals surface area contributed by atoms with Crippen LogP contribution in [-0.4, -0.2) is 37.2 Å². The second-order valence-electron chi connectivity index (χ2n) is 5.26. The molecule has 0 saturated carbocycles. The third-order valence-electron chi connectivity index (χ3n) is 3.81. The summed E-state index contributed by atoms with van der Waals surface area (Å²) in [7, 11) is 1.71. The summed E-state index contributed by atoms with van der Waals surface area (Å²) in [6.07, 6.45) is 1.16. The lowest BCUT2D eigenvalue weighted by molar-refractivity contribution is 0.123. The van der Waals surface area contributed by atoms with Gasteiger partial charge < -0.3 is 10.1 Å². The molecule has 106 valence electrons. The average Bonchev–Trinajstić information content (AvgIpc) is 2.39. The molecule has 0 aliphatic carbocycles. The lowest BCUT2D eigenvalue weighted by Crippen LogP contribution is -2.54. The first kappa shape index (κ1) is 14.6. The highest BCUT2D eigenvalue weighted by molar-refractivity contribution is 6.30. The third-order valence-corrected chi connectivity index (χ3v) is 4.05. The van der Waals surface area contributed by atoms with Crippen molar-refractivity contribution in [3.63, 3.8) is 0 Å². The highest BCUT2D eigenvalue weighted by atomic mass is 35.5. The van der Waals surface area contributed by atoms with Gasteiger partial charge in [-0.2, -0.15) is 0 Å². The van der Waals surface area contributed by atoms with Gasteiger partial charge in [0, 0.05) is 42.3 Å². The summed E-state index contributed by atoms with van der Waals surface area (Å²) < 4.78 is 5.44. The normalized spacial score (nSPS) is 24.4. The molecule has 19 heavy (non-hydrogen) atoms. The van der Waals surface area contributed by atoms with Gasteiger partial charge in [-0.3, -0.25) is 4.90 Å². The molecule has 3 nitrogen and oxygen atoms in total. The Balaban J connectivity index is 2.16. The summed E-state index contributed by atoms with van der Waals surface area (Å²) in [6.45, 7) is 7.49. The van der Waals surface area contributed by atoms with Gasteiger partial charge in [0.1, 0.15) is 5.75 Å². The zero-order valence-electron chi connectivity index (χ0n) is 11.9. The standard InChI is InChI=1S/C15H23ClN2O/c1-4-14-8-17-11(2)9-18(14)10-12-7-13(16)5-6-15(12)19-3/h5-7,11,14,17H,4,8-10H2,1-3H3. The fourth-order valence-corrected chi connectivity index (χ4v) is 2.91. The Hall–Kier alpha value is -0.770. The molecule has 2 rings (SSSR count). The molecule has 1 fully saturated rings. The van der Waals surface area contributed by atoms with Crippen molar-refractivity contribution in [2.75, 3.05) is 20.2 Å². The summed E-state index contributed by atoms with van der Waals surface area (Å²) >= 11 is 6.10. The number of hydrogen-bond acceptors (Lipinski definition) is 3. The second-order valence-corrected chi connectivity index (χ2v) is 5.69. The monoisotopic (exact) mass is 282 g/mol. The van der Waals surface area contributed by atoms with Gasteiger partial charge in [0.25, 0.3) is 0 Å². The molecule has 1 aliphatic rings. The van der Waals surface area contributed by atoms with Gasteiger partial charge in [0.2, 0.25) is 0 Å². The van der Waals surface area contributed by atoms with Crippen LogP contribution in [0.3, 0.4) is 0 Å². The van der Waals surface area contributed by atoms with E-state index in [1.165, 1.54) is 5.56 Å². The van der Waals surface area contributed by atoms with Gasteiger partial charge in [0.15, 0.2) is 0 Å². The Morgan fingerprint density at radius 3 is 2.95 bits per heavy atom. The van der Waals surface area contributed by atoms with Crippen LogP contribution in [-0.2, 0) is 6.54 Å². The van der Waals surface area contributed by atoms with Crippen LogP contribution in [0.5, 0.6) is 5.75 Å². The Morgan fingerprint density at radius 2 is 2.26 bits per heavy atom. The van der Waals surface area contributed by atoms with E-state index >= 15 is 0 Å². The first-order valence-electron chi connectivity index (χ1n) is 6.94. The Bertz CT molecular complexity index is 425. The van der Waals surface area contributed by atoms with Crippen LogP contribution in [0.15, 0.2) is 18.2 Å². The quantitative estimate of drug-likeness (QED) is 0.919. The molecule has 1 aromatic carbocycles. The van der Waals surface area contributed by atoms with Crippen LogP contribution in [0, 0.1) is 0 Å². The van der Waals surface area contributed by atoms with E-state index in [0.717, 1.165) is 36.8 Å². The summed E-state index contributed by atoms with van der Waals surface area (Å²) in [5, 5.41) is 4.31. The highest BCUT2D eigenvalue weighted by Gasteiger charge is 2.25. The molecular weight excluding hydrogens is 260 g/mol. The van der Waals surface area contributed by atoms with Crippen molar-refractivity contribution in [1.82, 2.24) is 10.2 Å². The minimum atomic E-state index is 0.535. The van der Waals surface area contributed by atoms with Crippen molar-refractivity contribution in [3.8, 4) is 5.75 Å². The van der Waals surface area contributed by atoms with Crippen LogP contribution in [0.2, 0.25) is 5.02 Å². The topological polar surface area (TPSA) is 24.5 Å². The summed E-state index contributed by atoms with van der Waals surface area (Å²) in [6, 6.07) is 6.96. The number of methoxy groups -OCH3 is 1. The van der Waals surface area contributed by atoms with Crippen LogP contribution in [0.1, 0.15) is 25.8 Å². The molecule has 4 heteroatoms. The van der Waals surface area contributed by atoms with E-state index in [2.05, 4.69) is 24.1 Å². The summed E-state index contributed by atoms with van der Waals surface area (Å²) in [5.74, 6) is 0.922. The summed E-state index contributed by atoms with van der Waals surface area (Å²) in [5.41, 5.74) is 1.17. The first-order chi connectivity index (χ1) is 9.13. The Kier molecular flexibility index (Phi) is 5.08. The molecule has 0 bridgehead atoms. The molecule has 1 N–H and O–H groups in total. The minimum absolute atomic E-state index is 0.535. The van der Waals surface area contributed by atoms with E-state index in [4.69, 9.17) is 16.3 Å². The molecule has 1 aliphatic heterocycles. The number of ether oxygens (including phenoxy) is 1. The van der Waals surface area contributed by atoms with E-state index in [1.54, 1.807) is 7.11 Å². The van der Waals surface area contributed by atoms with Crippen molar-refractivity contribution in [2.24, 2.45) is 0 Å². The number of piperazine rings is 1. The largest absolute Gasteiger partial charge is 0.496 e. The molecule has 1 heterocycles. The molecule has 0 amide bonds. The van der Waals surface area contributed by atoms with E-state index < -0.39 is 0 Å². The fraction of sp³-hybridized carbons (Fsp3) is 0.600. The predicted octanol–water partition coefficient (Wildman–Crippen LogP) is 2.92. The number of benzene rings is 1. The molecular formula is C15H23ClN2O. The molecule has 1 aromatic rings. The van der Waals surface area contributed by atoms with E-state index in [9.17, 15) is 0 Å². The second kappa shape index (κ2) is 6.60. The fourth-order valence-electron chi connectivity index (χ4n) is 2.72. The van der Waals surface area contributed by atoms with Gasteiger partial charge in [-0.15, -0.1) is 0 Å². The lowest BCUT2D eigenvalue weighted by Gasteiger charge is -2.39. The SMILES string of the molecule is CCC1CNC(C)CN1Cc1cc(Cl)ccc1OC. The third kappa shape index (κ3) is 3.62. The van der Waals surface area contributed by atoms with Crippen molar-refractivity contribution >= 4 is 11.6 Å². The van der Waals surface area contributed by atoms with Crippen molar-refractivity contribution in [2.45, 2.75) is 38.9 Å². The maximum atomic E-state index is 6.10. The van der Waals surface area contributed by atoms with Crippen LogP contribution in [0.25, 0.3) is 0 Å². The number of nitrogens with zero attached hydrogens (tertiary/aromatic N) is 1. The van der Waals surface area contributed by atoms with Gasteiger partial charge in [-0.25, -0.2) is 0 Å². The molecule has 2 atom stereocenters. The van der Waals surface area contributed by atoms with E-state index in [-0.39, 0.29) is 0 Å². The number of nitrogens with one attached hydrogen (secondary N) is 1. The van der Waals surface area contributed by atoms with Crippen molar-refractivity contribution in [3.05, 3.63) is 28.8 Å².